The fraction of sp³-hybridized carbons (Fsp3) is 0.375. The topological polar surface area (TPSA) is 97.3 Å². The van der Waals surface area contributed by atoms with Crippen LogP contribution in [0.4, 0.5) is 13.2 Å². The van der Waals surface area contributed by atoms with Crippen LogP contribution in [0.5, 0.6) is 11.5 Å². The number of Topliss-reactive ketones (excluding diaryl/α,β-unsaturated/α-hetero) is 1. The van der Waals surface area contributed by atoms with Gasteiger partial charge in [-0.25, -0.2) is 0 Å². The second-order valence-corrected chi connectivity index (χ2v) is 7.91. The first kappa shape index (κ1) is 25.2. The van der Waals surface area contributed by atoms with Crippen molar-refractivity contribution in [1.82, 2.24) is 15.4 Å². The molecule has 0 aliphatic heterocycles. The van der Waals surface area contributed by atoms with Crippen molar-refractivity contribution in [2.24, 2.45) is 0 Å². The first-order chi connectivity index (χ1) is 16.1. The number of aliphatic hydroxyl groups excluding tert-OH is 1. The molecule has 3 rings (SSSR count). The van der Waals surface area contributed by atoms with Gasteiger partial charge in [0.2, 0.25) is 0 Å². The number of alkyl halides is 3. The lowest BCUT2D eigenvalue weighted by atomic mass is 9.90. The van der Waals surface area contributed by atoms with Crippen molar-refractivity contribution in [3.63, 3.8) is 0 Å². The summed E-state index contributed by atoms with van der Waals surface area (Å²) in [5, 5.41) is 19.8. The minimum Gasteiger partial charge on any atom is -0.493 e. The Bertz CT molecular complexity index is 1140. The third-order valence-electron chi connectivity index (χ3n) is 5.43. The zero-order valence-electron chi connectivity index (χ0n) is 19.1. The largest absolute Gasteiger partial charge is 0.493 e. The molecule has 0 aliphatic carbocycles. The Balaban J connectivity index is 1.88. The Morgan fingerprint density at radius 3 is 2.50 bits per heavy atom. The van der Waals surface area contributed by atoms with Gasteiger partial charge in [-0.3, -0.25) is 4.79 Å². The molecule has 34 heavy (non-hydrogen) atoms. The Kier molecular flexibility index (Phi) is 7.93. The summed E-state index contributed by atoms with van der Waals surface area (Å²) in [4.78, 5) is 11.9. The Morgan fingerprint density at radius 2 is 1.91 bits per heavy atom. The maximum atomic E-state index is 13.6. The molecule has 0 radical (unpaired) electrons. The second kappa shape index (κ2) is 10.7. The molecule has 10 heteroatoms. The van der Waals surface area contributed by atoms with Crippen molar-refractivity contribution >= 4 is 5.78 Å². The Hall–Kier alpha value is -3.40. The van der Waals surface area contributed by atoms with Gasteiger partial charge in [0.25, 0.3) is 0 Å². The number of ketones is 1. The number of rotatable bonds is 10. The molecule has 0 aliphatic rings. The summed E-state index contributed by atoms with van der Waals surface area (Å²) in [5.41, 5.74) is 1.57. The normalized spacial score (nSPS) is 12.4. The van der Waals surface area contributed by atoms with Crippen LogP contribution in [0.25, 0.3) is 0 Å². The predicted octanol–water partition coefficient (Wildman–Crippen LogP) is 4.37. The molecule has 3 aromatic rings. The first-order valence-corrected chi connectivity index (χ1v) is 10.6. The van der Waals surface area contributed by atoms with E-state index in [9.17, 15) is 18.0 Å². The standard InChI is InChI=1S/C24H26F3N3O4/c1-14(32)10-19(23-15(2)28-30-29-23)17-6-7-21(22(12-17)33-3)34-13-18-5-4-16(8-9-31)11-20(18)24(25,26)27/h4-7,11-12,19,31H,8-10,13H2,1-3H3,(H,28,29,30). The van der Waals surface area contributed by atoms with E-state index >= 15 is 0 Å². The molecule has 0 saturated carbocycles. The van der Waals surface area contributed by atoms with Crippen LogP contribution in [0.3, 0.4) is 0 Å². The van der Waals surface area contributed by atoms with Gasteiger partial charge in [0, 0.05) is 24.5 Å². The first-order valence-electron chi connectivity index (χ1n) is 10.6. The van der Waals surface area contributed by atoms with Crippen molar-refractivity contribution < 1.29 is 32.5 Å². The molecule has 2 N–H and O–H groups in total. The number of ether oxygens (including phenoxy) is 2. The molecule has 0 amide bonds. The lowest BCUT2D eigenvalue weighted by Gasteiger charge is -2.19. The smallest absolute Gasteiger partial charge is 0.416 e. The van der Waals surface area contributed by atoms with Gasteiger partial charge in [-0.05, 0) is 49.6 Å². The van der Waals surface area contributed by atoms with Crippen LogP contribution >= 0.6 is 0 Å². The average molecular weight is 477 g/mol. The number of nitrogens with zero attached hydrogens (tertiary/aromatic N) is 2. The van der Waals surface area contributed by atoms with Crippen LogP contribution in [-0.2, 0) is 24.0 Å². The lowest BCUT2D eigenvalue weighted by Crippen LogP contribution is -2.12. The number of methoxy groups -OCH3 is 1. The maximum absolute atomic E-state index is 13.6. The number of aryl methyl sites for hydroxylation is 1. The third-order valence-corrected chi connectivity index (χ3v) is 5.43. The molecule has 0 bridgehead atoms. The number of benzene rings is 2. The number of hydrogen-bond acceptors (Lipinski definition) is 6. The minimum atomic E-state index is -4.56. The van der Waals surface area contributed by atoms with Crippen LogP contribution in [0.2, 0.25) is 0 Å². The fourth-order valence-electron chi connectivity index (χ4n) is 3.76. The summed E-state index contributed by atoms with van der Waals surface area (Å²) < 4.78 is 51.8. The number of aromatic amines is 1. The van der Waals surface area contributed by atoms with Crippen LogP contribution in [0.1, 0.15) is 52.9 Å². The summed E-state index contributed by atoms with van der Waals surface area (Å²) in [6.45, 7) is 2.70. The van der Waals surface area contributed by atoms with E-state index in [1.165, 1.54) is 26.2 Å². The van der Waals surface area contributed by atoms with Gasteiger partial charge in [-0.15, -0.1) is 0 Å². The number of aromatic nitrogens is 3. The highest BCUT2D eigenvalue weighted by Crippen LogP contribution is 2.37. The Morgan fingerprint density at radius 1 is 1.15 bits per heavy atom. The van der Waals surface area contributed by atoms with Crippen molar-refractivity contribution in [1.29, 1.82) is 0 Å². The van der Waals surface area contributed by atoms with Gasteiger partial charge in [0.1, 0.15) is 12.4 Å². The van der Waals surface area contributed by atoms with E-state index in [-0.39, 0.29) is 49.1 Å². The van der Waals surface area contributed by atoms with Gasteiger partial charge in [0.05, 0.1) is 24.1 Å². The summed E-state index contributed by atoms with van der Waals surface area (Å²) in [7, 11) is 1.43. The average Bonchev–Trinajstić information content (AvgIpc) is 3.21. The van der Waals surface area contributed by atoms with Crippen LogP contribution in [-0.4, -0.2) is 40.0 Å². The monoisotopic (exact) mass is 477 g/mol. The van der Waals surface area contributed by atoms with Gasteiger partial charge in [-0.1, -0.05) is 18.2 Å². The third kappa shape index (κ3) is 5.93. The zero-order valence-corrected chi connectivity index (χ0v) is 19.1. The molecular weight excluding hydrogens is 451 g/mol. The molecule has 1 aromatic heterocycles. The van der Waals surface area contributed by atoms with Gasteiger partial charge >= 0.3 is 6.18 Å². The number of hydrogen-bond donors (Lipinski definition) is 2. The van der Waals surface area contributed by atoms with Crippen LogP contribution in [0.15, 0.2) is 36.4 Å². The van der Waals surface area contributed by atoms with Crippen molar-refractivity contribution in [3.8, 4) is 11.5 Å². The highest BCUT2D eigenvalue weighted by molar-refractivity contribution is 5.77. The number of nitrogens with one attached hydrogen (secondary N) is 1. The number of H-pyrrole nitrogens is 1. The highest BCUT2D eigenvalue weighted by Gasteiger charge is 2.33. The molecule has 1 unspecified atom stereocenters. The SMILES string of the molecule is COc1cc(C(CC(C)=O)c2n[nH]nc2C)ccc1OCc1ccc(CCO)cc1C(F)(F)F. The lowest BCUT2D eigenvalue weighted by molar-refractivity contribution is -0.138. The predicted molar refractivity (Wildman–Crippen MR) is 118 cm³/mol. The van der Waals surface area contributed by atoms with E-state index in [4.69, 9.17) is 14.6 Å². The molecule has 182 valence electrons. The van der Waals surface area contributed by atoms with E-state index in [0.717, 1.165) is 11.6 Å². The number of carbonyl (C=O) groups excluding carboxylic acids is 1. The number of halogens is 3. The van der Waals surface area contributed by atoms with Crippen LogP contribution < -0.4 is 9.47 Å². The van der Waals surface area contributed by atoms with E-state index in [0.29, 0.717) is 22.7 Å². The maximum Gasteiger partial charge on any atom is 0.416 e. The summed E-state index contributed by atoms with van der Waals surface area (Å²) in [6, 6.07) is 8.94. The number of carbonyl (C=O) groups is 1. The van der Waals surface area contributed by atoms with E-state index in [2.05, 4.69) is 15.4 Å². The molecule has 2 aromatic carbocycles. The fourth-order valence-corrected chi connectivity index (χ4v) is 3.76. The second-order valence-electron chi connectivity index (χ2n) is 7.91. The summed E-state index contributed by atoms with van der Waals surface area (Å²) >= 11 is 0. The van der Waals surface area contributed by atoms with E-state index < -0.39 is 11.7 Å². The molecule has 1 heterocycles. The minimum absolute atomic E-state index is 0.0315. The van der Waals surface area contributed by atoms with Crippen LogP contribution in [0, 0.1) is 6.92 Å². The van der Waals surface area contributed by atoms with E-state index in [1.54, 1.807) is 25.1 Å². The van der Waals surface area contributed by atoms with E-state index in [1.807, 2.05) is 0 Å². The van der Waals surface area contributed by atoms with Crippen molar-refractivity contribution in [2.75, 3.05) is 13.7 Å². The zero-order chi connectivity index (χ0) is 24.9. The molecule has 0 saturated heterocycles. The molecule has 0 spiro atoms. The molecule has 0 fully saturated rings. The van der Waals surface area contributed by atoms with Gasteiger partial charge in [-0.2, -0.15) is 28.6 Å². The highest BCUT2D eigenvalue weighted by atomic mass is 19.4. The molecule has 1 atom stereocenters. The van der Waals surface area contributed by atoms with Gasteiger partial charge < -0.3 is 14.6 Å². The Labute approximate surface area is 194 Å². The molecule has 7 nitrogen and oxygen atoms in total. The van der Waals surface area contributed by atoms with Crippen molar-refractivity contribution in [3.05, 3.63) is 70.0 Å². The molecular formula is C24H26F3N3O4. The van der Waals surface area contributed by atoms with Crippen molar-refractivity contribution in [2.45, 2.75) is 45.4 Å². The summed E-state index contributed by atoms with van der Waals surface area (Å²) in [5.74, 6) is 0.182. The van der Waals surface area contributed by atoms with Gasteiger partial charge in [0.15, 0.2) is 11.5 Å². The number of aliphatic hydroxyl groups is 1. The quantitative estimate of drug-likeness (QED) is 0.450. The summed E-state index contributed by atoms with van der Waals surface area (Å²) in [6.07, 6.45) is -4.23.